The summed E-state index contributed by atoms with van der Waals surface area (Å²) in [5.74, 6) is 0. The minimum Gasteiger partial charge on any atom is -0.261 e. The Labute approximate surface area is 130 Å². The Morgan fingerprint density at radius 1 is 1.18 bits per heavy atom. The Kier molecular flexibility index (Phi) is 4.59. The van der Waals surface area contributed by atoms with E-state index in [0.717, 1.165) is 30.6 Å². The predicted molar refractivity (Wildman–Crippen MR) is 86.1 cm³/mol. The van der Waals surface area contributed by atoms with Gasteiger partial charge < -0.3 is 0 Å². The number of aromatic nitrogens is 1. The van der Waals surface area contributed by atoms with Crippen molar-refractivity contribution < 1.29 is 9.37 Å². The molecule has 22 heavy (non-hydrogen) atoms. The fourth-order valence-electron chi connectivity index (χ4n) is 2.68. The van der Waals surface area contributed by atoms with Crippen LogP contribution in [0.3, 0.4) is 0 Å². The van der Waals surface area contributed by atoms with E-state index in [4.69, 9.17) is 0 Å². The number of nitrogens with zero attached hydrogens (tertiary/aromatic N) is 2. The summed E-state index contributed by atoms with van der Waals surface area (Å²) in [6.07, 6.45) is 6.46. The molecule has 0 bridgehead atoms. The van der Waals surface area contributed by atoms with Crippen LogP contribution in [0.4, 0.5) is 4.79 Å². The van der Waals surface area contributed by atoms with Crippen molar-refractivity contribution in [3.8, 4) is 0 Å². The number of amides is 2. The van der Waals surface area contributed by atoms with Gasteiger partial charge >= 0.3 is 6.03 Å². The number of pyridine rings is 1. The molecule has 0 spiro atoms. The van der Waals surface area contributed by atoms with Crippen molar-refractivity contribution in [3.05, 3.63) is 66.0 Å². The Balaban J connectivity index is 1.78. The molecule has 1 N–H and O–H groups in total. The summed E-state index contributed by atoms with van der Waals surface area (Å²) in [7, 11) is 0. The monoisotopic (exact) mass is 294 g/mol. The predicted octanol–water partition coefficient (Wildman–Crippen LogP) is 2.95. The lowest BCUT2D eigenvalue weighted by Crippen LogP contribution is -2.36. The zero-order valence-corrected chi connectivity index (χ0v) is 12.5. The largest absolute Gasteiger partial charge is 0.491 e. The van der Waals surface area contributed by atoms with Gasteiger partial charge in [0.05, 0.1) is 12.8 Å². The molecule has 0 radical (unpaired) electrons. The zero-order valence-electron chi connectivity index (χ0n) is 12.5. The van der Waals surface area contributed by atoms with Crippen LogP contribution in [-0.2, 0) is 6.42 Å². The molecule has 1 aromatic carbocycles. The molecule has 4 heteroatoms. The van der Waals surface area contributed by atoms with Crippen LogP contribution in [0.2, 0.25) is 0 Å². The molecule has 3 rings (SSSR count). The number of hydrogen-bond donors (Lipinski definition) is 1. The van der Waals surface area contributed by atoms with Gasteiger partial charge in [-0.2, -0.15) is 4.79 Å². The number of carbonyl (C=O) groups excluding carboxylic acids is 1. The Hall–Kier alpha value is -2.49. The smallest absolute Gasteiger partial charge is 0.261 e. The van der Waals surface area contributed by atoms with E-state index in [1.807, 2.05) is 54.7 Å². The molecular formula is C18H20N3O+. The highest BCUT2D eigenvalue weighted by Crippen LogP contribution is 2.17. The van der Waals surface area contributed by atoms with Crippen molar-refractivity contribution in [2.24, 2.45) is 0 Å². The van der Waals surface area contributed by atoms with Gasteiger partial charge in [-0.3, -0.25) is 4.98 Å². The average molecular weight is 294 g/mol. The fraction of sp³-hybridized carbons (Fsp3) is 0.278. The maximum Gasteiger partial charge on any atom is 0.491 e. The summed E-state index contributed by atoms with van der Waals surface area (Å²) in [5.41, 5.74) is 2.07. The van der Waals surface area contributed by atoms with Gasteiger partial charge in [-0.15, -0.1) is 0 Å². The number of rotatable bonds is 4. The third-order valence-electron chi connectivity index (χ3n) is 3.85. The second kappa shape index (κ2) is 6.98. The van der Waals surface area contributed by atoms with Gasteiger partial charge in [0.1, 0.15) is 6.04 Å². The molecule has 1 aliphatic heterocycles. The summed E-state index contributed by atoms with van der Waals surface area (Å²) < 4.78 is 1.77. The first-order valence-electron chi connectivity index (χ1n) is 7.68. The molecule has 4 nitrogen and oxygen atoms in total. The lowest BCUT2D eigenvalue weighted by molar-refractivity contribution is -0.415. The minimum absolute atomic E-state index is 0.0257. The molecule has 1 aliphatic rings. The first-order valence-corrected chi connectivity index (χ1v) is 7.68. The minimum atomic E-state index is -0.0717. The Morgan fingerprint density at radius 3 is 2.68 bits per heavy atom. The first-order chi connectivity index (χ1) is 10.8. The normalized spacial score (nSPS) is 15.2. The van der Waals surface area contributed by atoms with Gasteiger partial charge in [0.15, 0.2) is 0 Å². The number of carbonyl (C=O) groups is 1. The Morgan fingerprint density at radius 2 is 2.00 bits per heavy atom. The van der Waals surface area contributed by atoms with E-state index in [1.165, 1.54) is 0 Å². The lowest BCUT2D eigenvalue weighted by Gasteiger charge is -2.14. The number of hydrogen-bond acceptors (Lipinski definition) is 2. The molecule has 2 heterocycles. The summed E-state index contributed by atoms with van der Waals surface area (Å²) in [6.45, 7) is 0.803. The highest BCUT2D eigenvalue weighted by Gasteiger charge is 2.25. The van der Waals surface area contributed by atoms with Crippen LogP contribution in [0, 0.1) is 0 Å². The van der Waals surface area contributed by atoms with E-state index < -0.39 is 0 Å². The van der Waals surface area contributed by atoms with E-state index in [0.29, 0.717) is 6.42 Å². The van der Waals surface area contributed by atoms with Crippen molar-refractivity contribution in [1.29, 1.82) is 0 Å². The molecule has 0 saturated heterocycles. The van der Waals surface area contributed by atoms with Crippen LogP contribution in [0.15, 0.2) is 54.7 Å². The third kappa shape index (κ3) is 3.58. The van der Waals surface area contributed by atoms with E-state index in [2.05, 4.69) is 10.3 Å². The molecule has 1 atom stereocenters. The second-order valence-corrected chi connectivity index (χ2v) is 5.46. The van der Waals surface area contributed by atoms with Gasteiger partial charge in [0.2, 0.25) is 0 Å². The van der Waals surface area contributed by atoms with Gasteiger partial charge in [-0.1, -0.05) is 36.4 Å². The maximum atomic E-state index is 12.4. The van der Waals surface area contributed by atoms with Gasteiger partial charge in [-0.25, -0.2) is 9.89 Å². The Bertz CT molecular complexity index is 653. The highest BCUT2D eigenvalue weighted by atomic mass is 16.2. The van der Waals surface area contributed by atoms with Crippen LogP contribution in [0.1, 0.15) is 30.1 Å². The van der Waals surface area contributed by atoms with Crippen molar-refractivity contribution in [2.45, 2.75) is 25.3 Å². The maximum absolute atomic E-state index is 12.4. The van der Waals surface area contributed by atoms with Crippen molar-refractivity contribution in [2.75, 3.05) is 6.54 Å². The van der Waals surface area contributed by atoms with Crippen molar-refractivity contribution in [1.82, 2.24) is 10.3 Å². The quantitative estimate of drug-likeness (QED) is 0.881. The van der Waals surface area contributed by atoms with Gasteiger partial charge in [-0.05, 0) is 24.1 Å². The van der Waals surface area contributed by atoms with E-state index in [-0.39, 0.29) is 12.1 Å². The number of urea groups is 1. The summed E-state index contributed by atoms with van der Waals surface area (Å²) in [4.78, 5) is 16.8. The standard InChI is InChI=1S/C18H19N3O/c22-18(21-12-6-7-13-21)20-17(15-8-2-1-3-9-15)14-16-10-4-5-11-19-16/h1-5,8-12,17H,6-7,13-14H2/p+1. The molecule has 1 unspecified atom stereocenters. The summed E-state index contributed by atoms with van der Waals surface area (Å²) in [5, 5.41) is 3.14. The SMILES string of the molecule is O=C(NC(Cc1ccccn1)c1ccccc1)[N+]1=CCCC1. The van der Waals surface area contributed by atoms with Crippen LogP contribution in [0.25, 0.3) is 0 Å². The van der Waals surface area contributed by atoms with E-state index >= 15 is 0 Å². The molecule has 0 saturated carbocycles. The van der Waals surface area contributed by atoms with Gasteiger partial charge in [0, 0.05) is 24.7 Å². The molecule has 0 aliphatic carbocycles. The van der Waals surface area contributed by atoms with Crippen molar-refractivity contribution in [3.63, 3.8) is 0 Å². The fourth-order valence-corrected chi connectivity index (χ4v) is 2.68. The highest BCUT2D eigenvalue weighted by molar-refractivity contribution is 5.72. The average Bonchev–Trinajstić information content (AvgIpc) is 3.11. The number of nitrogens with one attached hydrogen (secondary N) is 1. The van der Waals surface area contributed by atoms with Crippen LogP contribution in [-0.4, -0.2) is 28.3 Å². The van der Waals surface area contributed by atoms with E-state index in [9.17, 15) is 4.79 Å². The summed E-state index contributed by atoms with van der Waals surface area (Å²) >= 11 is 0. The molecule has 1 aromatic heterocycles. The molecular weight excluding hydrogens is 274 g/mol. The van der Waals surface area contributed by atoms with Gasteiger partial charge in [0.25, 0.3) is 0 Å². The zero-order chi connectivity index (χ0) is 15.2. The third-order valence-corrected chi connectivity index (χ3v) is 3.85. The molecule has 112 valence electrons. The first kappa shape index (κ1) is 14.4. The van der Waals surface area contributed by atoms with Crippen LogP contribution < -0.4 is 5.32 Å². The topological polar surface area (TPSA) is 45.0 Å². The van der Waals surface area contributed by atoms with E-state index in [1.54, 1.807) is 10.8 Å². The van der Waals surface area contributed by atoms with Crippen LogP contribution in [0.5, 0.6) is 0 Å². The second-order valence-electron chi connectivity index (χ2n) is 5.46. The molecule has 0 fully saturated rings. The molecule has 2 aromatic rings. The van der Waals surface area contributed by atoms with Crippen LogP contribution >= 0.6 is 0 Å². The lowest BCUT2D eigenvalue weighted by atomic mass is 10.0. The molecule has 2 amide bonds. The van der Waals surface area contributed by atoms with Crippen molar-refractivity contribution >= 4 is 12.2 Å². The summed E-state index contributed by atoms with van der Waals surface area (Å²) in [6, 6.07) is 15.8. The number of benzene rings is 1.